The van der Waals surface area contributed by atoms with Crippen LogP contribution in [0.15, 0.2) is 0 Å². The number of phosphoric ester groups is 2. The van der Waals surface area contributed by atoms with Gasteiger partial charge in [-0.1, -0.05) is 427 Å². The molecule has 0 aliphatic heterocycles. The van der Waals surface area contributed by atoms with Crippen LogP contribution in [0.1, 0.15) is 478 Å². The third kappa shape index (κ3) is 82.1. The Hall–Kier alpha value is -1.94. The first kappa shape index (κ1) is 106. The molecule has 0 aliphatic carbocycles. The average molecular weight is 1580 g/mol. The van der Waals surface area contributed by atoms with Gasteiger partial charge in [-0.25, -0.2) is 9.13 Å². The quantitative estimate of drug-likeness (QED) is 0.0222. The van der Waals surface area contributed by atoms with Gasteiger partial charge in [-0.3, -0.25) is 37.3 Å². The highest BCUT2D eigenvalue weighted by atomic mass is 31.2. The summed E-state index contributed by atoms with van der Waals surface area (Å²) in [5.41, 5.74) is 0. The minimum atomic E-state index is -4.97. The Labute approximate surface area is 664 Å². The van der Waals surface area contributed by atoms with Crippen molar-refractivity contribution in [1.82, 2.24) is 0 Å². The highest BCUT2D eigenvalue weighted by Gasteiger charge is 2.31. The third-order valence-corrected chi connectivity index (χ3v) is 22.9. The number of carbonyl (C=O) groups excluding carboxylic acids is 4. The lowest BCUT2D eigenvalue weighted by molar-refractivity contribution is -0.161. The van der Waals surface area contributed by atoms with Crippen molar-refractivity contribution in [3.05, 3.63) is 0 Å². The van der Waals surface area contributed by atoms with E-state index in [0.29, 0.717) is 31.6 Å². The topological polar surface area (TPSA) is 237 Å². The van der Waals surface area contributed by atoms with Crippen molar-refractivity contribution in [1.29, 1.82) is 0 Å². The zero-order valence-electron chi connectivity index (χ0n) is 71.2. The van der Waals surface area contributed by atoms with E-state index in [4.69, 9.17) is 37.0 Å². The smallest absolute Gasteiger partial charge is 0.462 e. The number of aliphatic hydroxyl groups excluding tert-OH is 1. The van der Waals surface area contributed by atoms with Crippen molar-refractivity contribution in [3.8, 4) is 0 Å². The van der Waals surface area contributed by atoms with Crippen LogP contribution >= 0.6 is 15.6 Å². The lowest BCUT2D eigenvalue weighted by Crippen LogP contribution is -2.30. The van der Waals surface area contributed by atoms with Gasteiger partial charge in [0.25, 0.3) is 0 Å². The number of unbranched alkanes of at least 4 members (excludes halogenated alkanes) is 58. The number of ether oxygens (including phenoxy) is 4. The molecule has 0 bridgehead atoms. The van der Waals surface area contributed by atoms with Crippen molar-refractivity contribution >= 4 is 39.5 Å². The first-order chi connectivity index (χ1) is 52.4. The molecule has 0 aromatic rings. The standard InChI is InChI=1S/C89H174O17P2/c1-7-9-11-13-15-17-19-21-23-25-27-29-31-37-41-45-49-55-62-67-73-88(93)105-84(77-99-86(91)71-65-59-53-47-43-39-35-33-32-34-38-42-46-51-57-63-69-81(3)4)79-103-107(95,96)101-75-83(90)76-102-108(97,98)104-80-85(78-100-87(92)72-66-60-56-50-52-58-64-70-82(5)6)106-89(94)74-68-61-54-48-44-40-36-30-28-26-24-22-20-18-16-14-12-10-8-2/h81-85,90H,7-80H2,1-6H3,(H,95,96)(H,97,98)/t83-,84-,85-/m1/s1. The molecule has 17 nitrogen and oxygen atoms in total. The summed E-state index contributed by atoms with van der Waals surface area (Å²) in [6.07, 6.45) is 73.8. The van der Waals surface area contributed by atoms with Crippen LogP contribution in [0.4, 0.5) is 0 Å². The first-order valence-electron chi connectivity index (χ1n) is 46.0. The molecule has 0 fully saturated rings. The predicted molar refractivity (Wildman–Crippen MR) is 446 cm³/mol. The molecule has 3 N–H and O–H groups in total. The van der Waals surface area contributed by atoms with E-state index in [1.54, 1.807) is 0 Å². The molecule has 0 heterocycles. The van der Waals surface area contributed by atoms with Crippen molar-refractivity contribution in [2.75, 3.05) is 39.6 Å². The van der Waals surface area contributed by atoms with Gasteiger partial charge in [0.1, 0.15) is 19.3 Å². The lowest BCUT2D eigenvalue weighted by atomic mass is 10.0. The van der Waals surface area contributed by atoms with Crippen molar-refractivity contribution in [2.24, 2.45) is 11.8 Å². The van der Waals surface area contributed by atoms with Gasteiger partial charge in [-0.15, -0.1) is 0 Å². The molecule has 0 amide bonds. The Bertz CT molecular complexity index is 2060. The van der Waals surface area contributed by atoms with Crippen LogP contribution in [0, 0.1) is 11.8 Å². The number of hydrogen-bond donors (Lipinski definition) is 3. The van der Waals surface area contributed by atoms with E-state index in [-0.39, 0.29) is 25.7 Å². The van der Waals surface area contributed by atoms with Crippen LogP contribution < -0.4 is 0 Å². The summed E-state index contributed by atoms with van der Waals surface area (Å²) in [5.74, 6) is -0.582. The number of rotatable bonds is 88. The van der Waals surface area contributed by atoms with Crippen LogP contribution in [0.3, 0.4) is 0 Å². The molecule has 19 heteroatoms. The summed E-state index contributed by atoms with van der Waals surface area (Å²) >= 11 is 0. The minimum absolute atomic E-state index is 0.108. The minimum Gasteiger partial charge on any atom is -0.462 e. The molecule has 0 rings (SSSR count). The van der Waals surface area contributed by atoms with Gasteiger partial charge in [-0.05, 0) is 37.5 Å². The monoisotopic (exact) mass is 1580 g/mol. The Balaban J connectivity index is 5.22. The largest absolute Gasteiger partial charge is 0.472 e. The van der Waals surface area contributed by atoms with Crippen LogP contribution in [0.2, 0.25) is 0 Å². The number of hydrogen-bond acceptors (Lipinski definition) is 15. The molecule has 642 valence electrons. The van der Waals surface area contributed by atoms with E-state index in [1.165, 1.54) is 289 Å². The zero-order chi connectivity index (χ0) is 79.2. The van der Waals surface area contributed by atoms with Crippen LogP contribution in [0.25, 0.3) is 0 Å². The molecular weight excluding hydrogens is 1400 g/mol. The number of esters is 4. The van der Waals surface area contributed by atoms with Gasteiger partial charge in [0.05, 0.1) is 26.4 Å². The highest BCUT2D eigenvalue weighted by Crippen LogP contribution is 2.45. The fraction of sp³-hybridized carbons (Fsp3) is 0.955. The summed E-state index contributed by atoms with van der Waals surface area (Å²) in [5, 5.41) is 10.7. The fourth-order valence-electron chi connectivity index (χ4n) is 14.0. The van der Waals surface area contributed by atoms with Crippen LogP contribution in [-0.4, -0.2) is 96.7 Å². The normalized spacial score (nSPS) is 13.8. The van der Waals surface area contributed by atoms with E-state index >= 15 is 0 Å². The van der Waals surface area contributed by atoms with Gasteiger partial charge in [0, 0.05) is 25.7 Å². The molecular formula is C89H174O17P2. The maximum Gasteiger partial charge on any atom is 0.472 e. The fourth-order valence-corrected chi connectivity index (χ4v) is 15.5. The lowest BCUT2D eigenvalue weighted by Gasteiger charge is -2.21. The maximum atomic E-state index is 13.2. The maximum absolute atomic E-state index is 13.2. The summed E-state index contributed by atoms with van der Waals surface area (Å²) in [7, 11) is -9.93. The molecule has 0 aliphatic rings. The molecule has 0 aromatic heterocycles. The number of aliphatic hydroxyl groups is 1. The van der Waals surface area contributed by atoms with E-state index in [9.17, 15) is 43.2 Å². The summed E-state index contributed by atoms with van der Waals surface area (Å²) < 4.78 is 69.0. The Morgan fingerprint density at radius 2 is 0.426 bits per heavy atom. The van der Waals surface area contributed by atoms with Gasteiger partial charge in [0.2, 0.25) is 0 Å². The van der Waals surface area contributed by atoms with Crippen molar-refractivity contribution < 1.29 is 80.2 Å². The SMILES string of the molecule is CCCCCCCCCCCCCCCCCCCCCCC(=O)O[C@H](COC(=O)CCCCCCCCCCCCCCCCCCC(C)C)COP(=O)(O)OC[C@@H](O)COP(=O)(O)OC[C@@H](COC(=O)CCCCCCCCCC(C)C)OC(=O)CCCCCCCCCCCCCCCCCCCCC. The number of carbonyl (C=O) groups is 4. The van der Waals surface area contributed by atoms with Crippen molar-refractivity contribution in [3.63, 3.8) is 0 Å². The molecule has 108 heavy (non-hydrogen) atoms. The molecule has 0 radical (unpaired) electrons. The van der Waals surface area contributed by atoms with E-state index < -0.39 is 97.5 Å². The second-order valence-corrected chi connectivity index (χ2v) is 35.8. The van der Waals surface area contributed by atoms with Gasteiger partial charge >= 0.3 is 39.5 Å². The predicted octanol–water partition coefficient (Wildman–Crippen LogP) is 27.4. The Morgan fingerprint density at radius 1 is 0.250 bits per heavy atom. The third-order valence-electron chi connectivity index (χ3n) is 21.0. The Kier molecular flexibility index (Phi) is 78.8. The molecule has 0 saturated heterocycles. The van der Waals surface area contributed by atoms with E-state index in [2.05, 4.69) is 41.5 Å². The molecule has 0 saturated carbocycles. The second-order valence-electron chi connectivity index (χ2n) is 32.9. The van der Waals surface area contributed by atoms with E-state index in [0.717, 1.165) is 102 Å². The van der Waals surface area contributed by atoms with Gasteiger partial charge in [-0.2, -0.15) is 0 Å². The molecule has 2 unspecified atom stereocenters. The second kappa shape index (κ2) is 80.3. The highest BCUT2D eigenvalue weighted by molar-refractivity contribution is 7.47. The molecule has 0 aromatic carbocycles. The van der Waals surface area contributed by atoms with E-state index in [1.807, 2.05) is 0 Å². The zero-order valence-corrected chi connectivity index (χ0v) is 73.0. The van der Waals surface area contributed by atoms with Gasteiger partial charge in [0.15, 0.2) is 12.2 Å². The summed E-state index contributed by atoms with van der Waals surface area (Å²) in [6, 6.07) is 0. The summed E-state index contributed by atoms with van der Waals surface area (Å²) in [4.78, 5) is 73.3. The molecule has 5 atom stereocenters. The first-order valence-corrected chi connectivity index (χ1v) is 49.0. The molecule has 0 spiro atoms. The Morgan fingerprint density at radius 3 is 0.630 bits per heavy atom. The summed E-state index contributed by atoms with van der Waals surface area (Å²) in [6.45, 7) is 9.67. The van der Waals surface area contributed by atoms with Crippen LogP contribution in [-0.2, 0) is 65.4 Å². The van der Waals surface area contributed by atoms with Crippen LogP contribution in [0.5, 0.6) is 0 Å². The number of phosphoric acid groups is 2. The van der Waals surface area contributed by atoms with Crippen molar-refractivity contribution in [2.45, 2.75) is 496 Å². The average Bonchev–Trinajstić information content (AvgIpc) is 0.898. The van der Waals surface area contributed by atoms with Gasteiger partial charge < -0.3 is 33.8 Å².